The molecule has 0 N–H and O–H groups in total. The number of hydrogen-bond donors (Lipinski definition) is 0. The second kappa shape index (κ2) is 10.1. The zero-order valence-electron chi connectivity index (χ0n) is 12.0. The van der Waals surface area contributed by atoms with Crippen LogP contribution in [0.3, 0.4) is 0 Å². The monoisotopic (exact) mass is 232 g/mol. The Hall–Kier alpha value is -1.04. The zero-order chi connectivity index (χ0) is 13.1. The Balaban J connectivity index is 0.000000581. The molecule has 0 heteroatoms. The van der Waals surface area contributed by atoms with Gasteiger partial charge in [-0.05, 0) is 37.2 Å². The molecule has 0 atom stereocenters. The lowest BCUT2D eigenvalue weighted by Crippen LogP contribution is -2.05. The highest BCUT2D eigenvalue weighted by atomic mass is 14.2. The van der Waals surface area contributed by atoms with Gasteiger partial charge in [0, 0.05) is 0 Å². The van der Waals surface area contributed by atoms with E-state index in [2.05, 4.69) is 36.9 Å². The van der Waals surface area contributed by atoms with Crippen LogP contribution < -0.4 is 0 Å². The quantitative estimate of drug-likeness (QED) is 0.525. The summed E-state index contributed by atoms with van der Waals surface area (Å²) in [6.45, 7) is 12.0. The average Bonchev–Trinajstić information content (AvgIpc) is 2.45. The maximum Gasteiger partial charge on any atom is -0.0156 e. The predicted octanol–water partition coefficient (Wildman–Crippen LogP) is 5.95. The Bertz CT molecular complexity index is 274. The number of benzene rings is 1. The van der Waals surface area contributed by atoms with E-state index in [-0.39, 0.29) is 0 Å². The van der Waals surface area contributed by atoms with Crippen molar-refractivity contribution in [3.05, 3.63) is 48.0 Å². The number of hydrogen-bond acceptors (Lipinski definition) is 0. The molecule has 0 unspecified atom stereocenters. The minimum absolute atomic E-state index is 0.784. The van der Waals surface area contributed by atoms with Crippen LogP contribution >= 0.6 is 0 Å². The Labute approximate surface area is 108 Å². The van der Waals surface area contributed by atoms with Crippen LogP contribution in [0.4, 0.5) is 0 Å². The summed E-state index contributed by atoms with van der Waals surface area (Å²) >= 11 is 0. The molecule has 1 aromatic carbocycles. The third kappa shape index (κ3) is 5.72. The lowest BCUT2D eigenvalue weighted by Gasteiger charge is -2.23. The second-order valence-corrected chi connectivity index (χ2v) is 3.93. The van der Waals surface area contributed by atoms with Crippen molar-refractivity contribution in [3.8, 4) is 0 Å². The fraction of sp³-hybridized carbons (Fsp3) is 0.529. The van der Waals surface area contributed by atoms with Crippen LogP contribution in [0.2, 0.25) is 0 Å². The maximum atomic E-state index is 4.04. The van der Waals surface area contributed by atoms with Gasteiger partial charge in [0.15, 0.2) is 0 Å². The molecule has 0 aromatic heterocycles. The lowest BCUT2D eigenvalue weighted by molar-refractivity contribution is 0.518. The molecule has 17 heavy (non-hydrogen) atoms. The molecule has 0 saturated heterocycles. The molecule has 1 aliphatic rings. The Morgan fingerprint density at radius 1 is 0.882 bits per heavy atom. The topological polar surface area (TPSA) is 0 Å². The summed E-state index contributed by atoms with van der Waals surface area (Å²) in [6.07, 6.45) is 5.03. The van der Waals surface area contributed by atoms with Gasteiger partial charge in [-0.25, -0.2) is 0 Å². The second-order valence-electron chi connectivity index (χ2n) is 3.93. The van der Waals surface area contributed by atoms with Crippen LogP contribution in [-0.2, 0) is 0 Å². The van der Waals surface area contributed by atoms with E-state index in [0.717, 1.165) is 5.92 Å². The van der Waals surface area contributed by atoms with Crippen molar-refractivity contribution in [2.24, 2.45) is 0 Å². The van der Waals surface area contributed by atoms with Crippen molar-refractivity contribution >= 4 is 0 Å². The molecule has 1 aliphatic carbocycles. The van der Waals surface area contributed by atoms with E-state index in [1.807, 2.05) is 27.7 Å². The van der Waals surface area contributed by atoms with Crippen molar-refractivity contribution < 1.29 is 0 Å². The lowest BCUT2D eigenvalue weighted by atomic mass is 9.82. The third-order valence-corrected chi connectivity index (χ3v) is 2.96. The van der Waals surface area contributed by atoms with Gasteiger partial charge in [0.2, 0.25) is 0 Å². The first kappa shape index (κ1) is 16.0. The summed E-state index contributed by atoms with van der Waals surface area (Å²) < 4.78 is 0. The highest BCUT2D eigenvalue weighted by molar-refractivity contribution is 5.21. The summed E-state index contributed by atoms with van der Waals surface area (Å²) in [5, 5.41) is 0. The molecule has 0 aliphatic heterocycles. The highest BCUT2D eigenvalue weighted by Gasteiger charge is 2.16. The molecule has 0 amide bonds. The molecule has 1 aromatic rings. The van der Waals surface area contributed by atoms with Crippen molar-refractivity contribution in [1.82, 2.24) is 0 Å². The smallest absolute Gasteiger partial charge is 0.0156 e. The van der Waals surface area contributed by atoms with Crippen molar-refractivity contribution in [2.75, 3.05) is 0 Å². The van der Waals surface area contributed by atoms with Gasteiger partial charge in [0.1, 0.15) is 0 Å². The largest absolute Gasteiger partial charge is 0.0999 e. The first-order chi connectivity index (χ1) is 8.36. The standard InChI is InChI=1S/C13H16.2C2H6/c1-11-7-9-13(10-8-11)12-5-3-2-4-6-12;2*1-2/h2-6,13H,1,7-10H2;2*1-2H3. The molecular weight excluding hydrogens is 204 g/mol. The van der Waals surface area contributed by atoms with Gasteiger partial charge < -0.3 is 0 Å². The fourth-order valence-electron chi connectivity index (χ4n) is 2.08. The maximum absolute atomic E-state index is 4.04. The Kier molecular flexibility index (Phi) is 9.52. The molecule has 0 heterocycles. The van der Waals surface area contributed by atoms with Crippen LogP contribution in [0.5, 0.6) is 0 Å². The molecule has 0 radical (unpaired) electrons. The fourth-order valence-corrected chi connectivity index (χ4v) is 2.08. The predicted molar refractivity (Wildman–Crippen MR) is 79.5 cm³/mol. The van der Waals surface area contributed by atoms with E-state index in [4.69, 9.17) is 0 Å². The van der Waals surface area contributed by atoms with Gasteiger partial charge >= 0.3 is 0 Å². The summed E-state index contributed by atoms with van der Waals surface area (Å²) in [5.41, 5.74) is 2.95. The normalized spacial score (nSPS) is 15.2. The summed E-state index contributed by atoms with van der Waals surface area (Å²) in [7, 11) is 0. The van der Waals surface area contributed by atoms with Gasteiger partial charge in [-0.15, -0.1) is 0 Å². The summed E-state index contributed by atoms with van der Waals surface area (Å²) in [5.74, 6) is 0.784. The van der Waals surface area contributed by atoms with E-state index in [1.54, 1.807) is 0 Å². The minimum Gasteiger partial charge on any atom is -0.0999 e. The molecule has 0 spiro atoms. The third-order valence-electron chi connectivity index (χ3n) is 2.96. The van der Waals surface area contributed by atoms with E-state index in [1.165, 1.54) is 36.8 Å². The van der Waals surface area contributed by atoms with Crippen molar-refractivity contribution in [2.45, 2.75) is 59.3 Å². The average molecular weight is 232 g/mol. The van der Waals surface area contributed by atoms with Crippen molar-refractivity contribution in [1.29, 1.82) is 0 Å². The summed E-state index contributed by atoms with van der Waals surface area (Å²) in [6, 6.07) is 10.9. The van der Waals surface area contributed by atoms with Gasteiger partial charge in [-0.1, -0.05) is 70.2 Å². The van der Waals surface area contributed by atoms with Crippen LogP contribution in [0.25, 0.3) is 0 Å². The van der Waals surface area contributed by atoms with Gasteiger partial charge in [-0.3, -0.25) is 0 Å². The Morgan fingerprint density at radius 2 is 1.35 bits per heavy atom. The van der Waals surface area contributed by atoms with Crippen LogP contribution in [0, 0.1) is 0 Å². The summed E-state index contributed by atoms with van der Waals surface area (Å²) in [4.78, 5) is 0. The molecule has 96 valence electrons. The van der Waals surface area contributed by atoms with E-state index < -0.39 is 0 Å². The molecule has 0 nitrogen and oxygen atoms in total. The van der Waals surface area contributed by atoms with Crippen LogP contribution in [0.15, 0.2) is 42.5 Å². The zero-order valence-corrected chi connectivity index (χ0v) is 12.0. The van der Waals surface area contributed by atoms with Crippen LogP contribution in [-0.4, -0.2) is 0 Å². The SMILES string of the molecule is C=C1CCC(c2ccccc2)CC1.CC.CC. The number of rotatable bonds is 1. The first-order valence-electron chi connectivity index (χ1n) is 7.08. The van der Waals surface area contributed by atoms with Crippen molar-refractivity contribution in [3.63, 3.8) is 0 Å². The van der Waals surface area contributed by atoms with Gasteiger partial charge in [0.05, 0.1) is 0 Å². The van der Waals surface area contributed by atoms with Gasteiger partial charge in [-0.2, -0.15) is 0 Å². The van der Waals surface area contributed by atoms with Gasteiger partial charge in [0.25, 0.3) is 0 Å². The minimum atomic E-state index is 0.784. The molecule has 0 bridgehead atoms. The Morgan fingerprint density at radius 3 is 1.82 bits per heavy atom. The number of allylic oxidation sites excluding steroid dienone is 1. The highest BCUT2D eigenvalue weighted by Crippen LogP contribution is 2.34. The first-order valence-corrected chi connectivity index (χ1v) is 7.08. The molecule has 2 rings (SSSR count). The molecule has 1 saturated carbocycles. The van der Waals surface area contributed by atoms with E-state index in [0.29, 0.717) is 0 Å². The molecule has 1 fully saturated rings. The molecular formula is C17H28. The van der Waals surface area contributed by atoms with Crippen LogP contribution in [0.1, 0.15) is 64.9 Å². The van der Waals surface area contributed by atoms with E-state index in [9.17, 15) is 0 Å². The van der Waals surface area contributed by atoms with E-state index >= 15 is 0 Å².